The fourth-order valence-corrected chi connectivity index (χ4v) is 1.05. The van der Waals surface area contributed by atoms with Crippen LogP contribution in [0.2, 0.25) is 0 Å². The van der Waals surface area contributed by atoms with Crippen LogP contribution in [0.5, 0.6) is 0 Å². The highest BCUT2D eigenvalue weighted by Crippen LogP contribution is 2.12. The third-order valence-corrected chi connectivity index (χ3v) is 1.93. The van der Waals surface area contributed by atoms with Crippen LogP contribution in [0.15, 0.2) is 34.5 Å². The molecule has 0 heterocycles. The van der Waals surface area contributed by atoms with Gasteiger partial charge in [-0.05, 0) is 29.2 Å². The number of anilines is 1. The molecule has 1 aromatic rings. The summed E-state index contributed by atoms with van der Waals surface area (Å²) in [5.74, 6) is -1.18. The maximum atomic E-state index is 11.2. The number of hydrogen-bond donors (Lipinski definition) is 1. The van der Waals surface area contributed by atoms with Gasteiger partial charge in [0.1, 0.15) is 0 Å². The Morgan fingerprint density at radius 1 is 1.47 bits per heavy atom. The summed E-state index contributed by atoms with van der Waals surface area (Å²) in [5, 5.41) is 6.82. The molecule has 0 fully saturated rings. The molecule has 1 aromatic carbocycles. The minimum absolute atomic E-state index is 0.377. The predicted octanol–water partition coefficient (Wildman–Crippen LogP) is 2.20. The first-order chi connectivity index (χ1) is 8.19. The first kappa shape index (κ1) is 12.5. The van der Waals surface area contributed by atoms with E-state index in [1.165, 1.54) is 7.11 Å². The van der Waals surface area contributed by atoms with Gasteiger partial charge in [0.15, 0.2) is 0 Å². The summed E-state index contributed by atoms with van der Waals surface area (Å²) in [6.45, 7) is 1.88. The molecule has 7 heteroatoms. The van der Waals surface area contributed by atoms with E-state index in [0.717, 1.165) is 5.56 Å². The van der Waals surface area contributed by atoms with Crippen molar-refractivity contribution in [1.29, 1.82) is 0 Å². The lowest BCUT2D eigenvalue weighted by Gasteiger charge is -2.04. The smallest absolute Gasteiger partial charge is 0.360 e. The molecule has 0 saturated carbocycles. The Morgan fingerprint density at radius 3 is 2.76 bits per heavy atom. The van der Waals surface area contributed by atoms with E-state index in [1.807, 2.05) is 25.1 Å². The van der Waals surface area contributed by atoms with Crippen molar-refractivity contribution in [2.75, 3.05) is 12.5 Å². The largest absolute Gasteiger partial charge is 0.464 e. The van der Waals surface area contributed by atoms with Crippen LogP contribution in [0.1, 0.15) is 5.56 Å². The molecule has 0 atom stereocenters. The zero-order valence-corrected chi connectivity index (χ0v) is 9.41. The number of aryl methyl sites for hydroxylation is 1. The fraction of sp³-hybridized carbons (Fsp3) is 0.200. The number of rotatable bonds is 2. The highest BCUT2D eigenvalue weighted by Gasteiger charge is 2.09. The Labute approximate surface area is 97.7 Å². The summed E-state index contributed by atoms with van der Waals surface area (Å²) in [4.78, 5) is 13.6. The second kappa shape index (κ2) is 6.14. The normalized spacial score (nSPS) is 10.4. The van der Waals surface area contributed by atoms with Gasteiger partial charge in [0, 0.05) is 4.91 Å². The number of nitrogens with zero attached hydrogens (tertiary/aromatic N) is 4. The molecule has 17 heavy (non-hydrogen) atoms. The highest BCUT2D eigenvalue weighted by atomic mass is 16.5. The molecule has 0 bridgehead atoms. The lowest BCUT2D eigenvalue weighted by atomic mass is 10.2. The molecular formula is C10H11N5O2. The van der Waals surface area contributed by atoms with Gasteiger partial charge >= 0.3 is 5.97 Å². The monoisotopic (exact) mass is 233 g/mol. The molecule has 0 amide bonds. The van der Waals surface area contributed by atoms with E-state index < -0.39 is 5.97 Å². The van der Waals surface area contributed by atoms with Crippen molar-refractivity contribution in [2.24, 2.45) is 10.2 Å². The Balaban J connectivity index is 2.90. The van der Waals surface area contributed by atoms with Crippen LogP contribution >= 0.6 is 0 Å². The Bertz CT molecular complexity index is 491. The van der Waals surface area contributed by atoms with Gasteiger partial charge in [-0.25, -0.2) is 4.79 Å². The number of ether oxygens (including phenoxy) is 1. The first-order valence-corrected chi connectivity index (χ1v) is 4.71. The van der Waals surface area contributed by atoms with Crippen molar-refractivity contribution in [3.05, 3.63) is 40.3 Å². The van der Waals surface area contributed by atoms with Gasteiger partial charge < -0.3 is 4.74 Å². The summed E-state index contributed by atoms with van der Waals surface area (Å²) < 4.78 is 4.41. The molecule has 1 rings (SSSR count). The summed E-state index contributed by atoms with van der Waals surface area (Å²) in [5.41, 5.74) is 12.6. The maximum absolute atomic E-state index is 11.2. The molecule has 7 nitrogen and oxygen atoms in total. The quantitative estimate of drug-likeness (QED) is 0.161. The van der Waals surface area contributed by atoms with Crippen molar-refractivity contribution >= 4 is 17.5 Å². The summed E-state index contributed by atoms with van der Waals surface area (Å²) >= 11 is 0. The van der Waals surface area contributed by atoms with Gasteiger partial charge in [-0.1, -0.05) is 18.2 Å². The van der Waals surface area contributed by atoms with Gasteiger partial charge in [0.05, 0.1) is 12.8 Å². The highest BCUT2D eigenvalue weighted by molar-refractivity contribution is 6.35. The molecule has 0 aliphatic rings. The third kappa shape index (κ3) is 3.51. The summed E-state index contributed by atoms with van der Waals surface area (Å²) in [6, 6.07) is 7.35. The number of esters is 1. The van der Waals surface area contributed by atoms with E-state index in [2.05, 4.69) is 25.3 Å². The van der Waals surface area contributed by atoms with Crippen LogP contribution in [-0.2, 0) is 9.53 Å². The molecule has 0 radical (unpaired) electrons. The number of hydrogen-bond acceptors (Lipinski definition) is 4. The van der Waals surface area contributed by atoms with Gasteiger partial charge in [0.25, 0.3) is 0 Å². The SMILES string of the molecule is COC(=O)C(N=[N+]=[N-])=NNc1ccccc1C. The van der Waals surface area contributed by atoms with Crippen LogP contribution in [-0.4, -0.2) is 18.9 Å². The Kier molecular flexibility index (Phi) is 4.53. The van der Waals surface area contributed by atoms with Crippen molar-refractivity contribution in [2.45, 2.75) is 6.92 Å². The number of carbonyl (C=O) groups is 1. The molecule has 0 saturated heterocycles. The molecule has 0 aromatic heterocycles. The topological polar surface area (TPSA) is 99.5 Å². The fourth-order valence-electron chi connectivity index (χ4n) is 1.05. The van der Waals surface area contributed by atoms with Crippen LogP contribution in [0.3, 0.4) is 0 Å². The minimum Gasteiger partial charge on any atom is -0.464 e. The molecule has 0 aliphatic heterocycles. The number of benzene rings is 1. The van der Waals surface area contributed by atoms with E-state index in [9.17, 15) is 4.79 Å². The number of methoxy groups -OCH3 is 1. The first-order valence-electron chi connectivity index (χ1n) is 4.71. The minimum atomic E-state index is -0.802. The van der Waals surface area contributed by atoms with Gasteiger partial charge in [-0.15, -0.1) is 0 Å². The van der Waals surface area contributed by atoms with E-state index in [0.29, 0.717) is 5.69 Å². The molecular weight excluding hydrogens is 222 g/mol. The predicted molar refractivity (Wildman–Crippen MR) is 63.4 cm³/mol. The molecule has 88 valence electrons. The summed E-state index contributed by atoms with van der Waals surface area (Å²) in [6.07, 6.45) is 0. The number of para-hydroxylation sites is 1. The average molecular weight is 233 g/mol. The summed E-state index contributed by atoms with van der Waals surface area (Å²) in [7, 11) is 1.18. The van der Waals surface area contributed by atoms with E-state index in [-0.39, 0.29) is 5.84 Å². The lowest BCUT2D eigenvalue weighted by Crippen LogP contribution is -2.14. The van der Waals surface area contributed by atoms with Crippen LogP contribution in [0.4, 0.5) is 5.69 Å². The number of amidine groups is 1. The molecule has 0 unspecified atom stereocenters. The van der Waals surface area contributed by atoms with Crippen molar-refractivity contribution in [3.63, 3.8) is 0 Å². The standard InChI is InChI=1S/C10H11N5O2/c1-7-5-3-4-6-8(7)12-13-9(14-15-11)10(16)17-2/h3-6,12H,1-2H3. The number of hydrazone groups is 1. The molecule has 0 aliphatic carbocycles. The van der Waals surface area contributed by atoms with Gasteiger partial charge in [-0.3, -0.25) is 5.43 Å². The Morgan fingerprint density at radius 2 is 2.18 bits per heavy atom. The zero-order valence-electron chi connectivity index (χ0n) is 9.41. The van der Waals surface area contributed by atoms with E-state index >= 15 is 0 Å². The van der Waals surface area contributed by atoms with Crippen molar-refractivity contribution in [3.8, 4) is 0 Å². The van der Waals surface area contributed by atoms with Crippen molar-refractivity contribution in [1.82, 2.24) is 0 Å². The maximum Gasteiger partial charge on any atom is 0.360 e. The lowest BCUT2D eigenvalue weighted by molar-refractivity contribution is -0.132. The molecule has 1 N–H and O–H groups in total. The average Bonchev–Trinajstić information content (AvgIpc) is 2.35. The third-order valence-electron chi connectivity index (χ3n) is 1.93. The second-order valence-electron chi connectivity index (χ2n) is 3.04. The van der Waals surface area contributed by atoms with Crippen LogP contribution in [0.25, 0.3) is 10.4 Å². The van der Waals surface area contributed by atoms with E-state index in [1.54, 1.807) is 6.07 Å². The Hall–Kier alpha value is -2.53. The number of carbonyl (C=O) groups excluding carboxylic acids is 1. The second-order valence-corrected chi connectivity index (χ2v) is 3.04. The van der Waals surface area contributed by atoms with E-state index in [4.69, 9.17) is 5.53 Å². The number of azide groups is 1. The zero-order chi connectivity index (χ0) is 12.7. The van der Waals surface area contributed by atoms with Crippen molar-refractivity contribution < 1.29 is 9.53 Å². The van der Waals surface area contributed by atoms with Gasteiger partial charge in [-0.2, -0.15) is 5.10 Å². The van der Waals surface area contributed by atoms with Gasteiger partial charge in [0.2, 0.25) is 5.84 Å². The van der Waals surface area contributed by atoms with Crippen LogP contribution in [0, 0.1) is 6.92 Å². The molecule has 0 spiro atoms. The number of nitrogens with one attached hydrogen (secondary N) is 1. The van der Waals surface area contributed by atoms with Crippen LogP contribution < -0.4 is 5.43 Å².